The van der Waals surface area contributed by atoms with Gasteiger partial charge in [-0.2, -0.15) is 15.1 Å². The molecule has 9 nitrogen and oxygen atoms in total. The van der Waals surface area contributed by atoms with E-state index in [0.717, 1.165) is 42.4 Å². The van der Waals surface area contributed by atoms with Crippen molar-refractivity contribution in [2.45, 2.75) is 31.5 Å². The number of hydrogen-bond donors (Lipinski definition) is 2. The third-order valence-corrected chi connectivity index (χ3v) is 7.53. The third-order valence-electron chi connectivity index (χ3n) is 7.53. The van der Waals surface area contributed by atoms with Crippen LogP contribution in [0.25, 0.3) is 32.9 Å². The predicted molar refractivity (Wildman–Crippen MR) is 142 cm³/mol. The van der Waals surface area contributed by atoms with E-state index in [1.165, 1.54) is 6.07 Å². The Hall–Kier alpha value is -4.31. The molecule has 0 saturated carbocycles. The Labute approximate surface area is 217 Å². The number of nitrogens with one attached hydrogen (secondary N) is 1. The molecular weight excluding hydrogens is 485 g/mol. The molecule has 2 aromatic carbocycles. The normalized spacial score (nSPS) is 18.9. The quantitative estimate of drug-likeness (QED) is 0.366. The third kappa shape index (κ3) is 3.88. The van der Waals surface area contributed by atoms with Crippen molar-refractivity contribution in [1.82, 2.24) is 30.0 Å². The lowest BCUT2D eigenvalue weighted by Gasteiger charge is -2.34. The number of phenols is 1. The van der Waals surface area contributed by atoms with Crippen molar-refractivity contribution in [3.8, 4) is 23.0 Å². The largest absolute Gasteiger partial charge is 0.508 e. The molecule has 2 aliphatic heterocycles. The van der Waals surface area contributed by atoms with Crippen molar-refractivity contribution in [2.24, 2.45) is 7.05 Å². The number of benzene rings is 2. The van der Waals surface area contributed by atoms with Gasteiger partial charge in [-0.05, 0) is 41.8 Å². The molecule has 5 heterocycles. The Balaban J connectivity index is 1.38. The molecule has 2 fully saturated rings. The number of hydrogen-bond acceptors (Lipinski definition) is 8. The number of pyridine rings is 1. The van der Waals surface area contributed by atoms with Crippen LogP contribution in [0.3, 0.4) is 0 Å². The van der Waals surface area contributed by atoms with Gasteiger partial charge in [0.25, 0.3) is 0 Å². The number of anilines is 1. The fraction of sp³-hybridized carbons (Fsp3) is 0.286. The average Bonchev–Trinajstić information content (AvgIpc) is 3.50. The highest BCUT2D eigenvalue weighted by Crippen LogP contribution is 2.37. The van der Waals surface area contributed by atoms with Crippen LogP contribution < -0.4 is 15.0 Å². The molecule has 2 atom stereocenters. The van der Waals surface area contributed by atoms with E-state index in [4.69, 9.17) is 9.72 Å². The summed E-state index contributed by atoms with van der Waals surface area (Å²) in [6.45, 7) is 1.74. The Bertz CT molecular complexity index is 1680. The van der Waals surface area contributed by atoms with Crippen molar-refractivity contribution < 1.29 is 14.2 Å². The van der Waals surface area contributed by atoms with Crippen LogP contribution in [-0.4, -0.2) is 55.0 Å². The standard InChI is InChI=1S/C28H26FN7O2/c1-35-19(8-9-31-35)15-38-28-33-26-23(27(34-28)36-13-17-6-7-18(14-36)32-17)12-30-25(24(26)29)22-11-20(37)10-16-4-2-3-5-21(16)22/h2-5,8-12,17-18,32,37H,6-7,13-15H2,1H3. The highest BCUT2D eigenvalue weighted by molar-refractivity contribution is 5.99. The molecule has 192 valence electrons. The van der Waals surface area contributed by atoms with Gasteiger partial charge < -0.3 is 20.1 Å². The number of aromatic hydroxyl groups is 1. The molecule has 5 aromatic rings. The van der Waals surface area contributed by atoms with Gasteiger partial charge in [-0.15, -0.1) is 0 Å². The zero-order valence-corrected chi connectivity index (χ0v) is 20.8. The summed E-state index contributed by atoms with van der Waals surface area (Å²) in [5, 5.41) is 20.3. The maximum absolute atomic E-state index is 16.4. The number of ether oxygens (including phenoxy) is 1. The number of aryl methyl sites for hydroxylation is 1. The molecule has 10 heteroatoms. The van der Waals surface area contributed by atoms with E-state index < -0.39 is 5.82 Å². The smallest absolute Gasteiger partial charge is 0.319 e. The van der Waals surface area contributed by atoms with E-state index in [1.807, 2.05) is 37.4 Å². The first-order valence-electron chi connectivity index (χ1n) is 12.7. The number of rotatable bonds is 5. The lowest BCUT2D eigenvalue weighted by Crippen LogP contribution is -2.51. The summed E-state index contributed by atoms with van der Waals surface area (Å²) >= 11 is 0. The molecule has 0 aliphatic carbocycles. The number of piperazine rings is 1. The summed E-state index contributed by atoms with van der Waals surface area (Å²) in [6, 6.07) is 13.4. The number of aromatic nitrogens is 5. The number of nitrogens with zero attached hydrogens (tertiary/aromatic N) is 6. The molecule has 0 amide bonds. The van der Waals surface area contributed by atoms with Crippen LogP contribution >= 0.6 is 0 Å². The van der Waals surface area contributed by atoms with Crippen molar-refractivity contribution in [1.29, 1.82) is 0 Å². The highest BCUT2D eigenvalue weighted by atomic mass is 19.1. The Kier molecular flexibility index (Phi) is 5.36. The van der Waals surface area contributed by atoms with E-state index >= 15 is 4.39 Å². The van der Waals surface area contributed by atoms with Gasteiger partial charge in [-0.3, -0.25) is 9.67 Å². The monoisotopic (exact) mass is 511 g/mol. The molecule has 3 aromatic heterocycles. The average molecular weight is 512 g/mol. The number of fused-ring (bicyclic) bond motifs is 4. The maximum Gasteiger partial charge on any atom is 0.319 e. The van der Waals surface area contributed by atoms with Gasteiger partial charge >= 0.3 is 6.01 Å². The molecule has 2 aliphatic rings. The maximum atomic E-state index is 16.4. The van der Waals surface area contributed by atoms with Crippen LogP contribution in [0, 0.1) is 5.82 Å². The fourth-order valence-corrected chi connectivity index (χ4v) is 5.66. The summed E-state index contributed by atoms with van der Waals surface area (Å²) in [4.78, 5) is 16.0. The second-order valence-corrected chi connectivity index (χ2v) is 10.0. The Morgan fingerprint density at radius 1 is 1.08 bits per heavy atom. The van der Waals surface area contributed by atoms with Crippen LogP contribution in [0.4, 0.5) is 10.2 Å². The van der Waals surface area contributed by atoms with Gasteiger partial charge in [-0.25, -0.2) is 4.39 Å². The van der Waals surface area contributed by atoms with E-state index in [-0.39, 0.29) is 29.6 Å². The zero-order valence-electron chi connectivity index (χ0n) is 20.8. The van der Waals surface area contributed by atoms with Gasteiger partial charge in [0.05, 0.1) is 11.1 Å². The summed E-state index contributed by atoms with van der Waals surface area (Å²) in [5.74, 6) is 0.0809. The lowest BCUT2D eigenvalue weighted by atomic mass is 10.0. The minimum atomic E-state index is -0.578. The molecule has 0 radical (unpaired) electrons. The highest BCUT2D eigenvalue weighted by Gasteiger charge is 2.34. The molecule has 0 spiro atoms. The fourth-order valence-electron chi connectivity index (χ4n) is 5.66. The molecule has 2 N–H and O–H groups in total. The lowest BCUT2D eigenvalue weighted by molar-refractivity contribution is 0.272. The van der Waals surface area contributed by atoms with Crippen LogP contribution in [-0.2, 0) is 13.7 Å². The first kappa shape index (κ1) is 22.9. The summed E-state index contributed by atoms with van der Waals surface area (Å²) in [7, 11) is 1.83. The number of halogens is 1. The molecule has 2 bridgehead atoms. The van der Waals surface area contributed by atoms with Crippen LogP contribution in [0.1, 0.15) is 18.5 Å². The first-order valence-corrected chi connectivity index (χ1v) is 12.7. The second kappa shape index (κ2) is 8.91. The SMILES string of the molecule is Cn1nccc1COc1nc(N2CC3CCC(C2)N3)c2cnc(-c3cc(O)cc4ccccc34)c(F)c2n1. The Morgan fingerprint density at radius 3 is 2.68 bits per heavy atom. The van der Waals surface area contributed by atoms with E-state index in [9.17, 15) is 5.11 Å². The van der Waals surface area contributed by atoms with Crippen LogP contribution in [0.5, 0.6) is 11.8 Å². The van der Waals surface area contributed by atoms with Gasteiger partial charge in [0, 0.05) is 50.2 Å². The Morgan fingerprint density at radius 2 is 1.89 bits per heavy atom. The molecule has 38 heavy (non-hydrogen) atoms. The molecule has 7 rings (SSSR count). The van der Waals surface area contributed by atoms with Gasteiger partial charge in [-0.1, -0.05) is 24.3 Å². The van der Waals surface area contributed by atoms with Crippen molar-refractivity contribution in [3.63, 3.8) is 0 Å². The van der Waals surface area contributed by atoms with Crippen molar-refractivity contribution in [2.75, 3.05) is 18.0 Å². The van der Waals surface area contributed by atoms with Gasteiger partial charge in [0.1, 0.15) is 29.4 Å². The first-order chi connectivity index (χ1) is 18.5. The second-order valence-electron chi connectivity index (χ2n) is 10.0. The minimum absolute atomic E-state index is 0.0415. The summed E-state index contributed by atoms with van der Waals surface area (Å²) in [5.41, 5.74) is 1.60. The van der Waals surface area contributed by atoms with E-state index in [1.54, 1.807) is 23.1 Å². The molecule has 2 unspecified atom stereocenters. The summed E-state index contributed by atoms with van der Waals surface area (Å²) in [6.07, 6.45) is 5.54. The van der Waals surface area contributed by atoms with Crippen LogP contribution in [0.15, 0.2) is 54.9 Å². The summed E-state index contributed by atoms with van der Waals surface area (Å²) < 4.78 is 24.0. The zero-order chi connectivity index (χ0) is 25.8. The molecular formula is C28H26FN7O2. The number of phenolic OH excluding ortho intramolecular Hbond substituents is 1. The minimum Gasteiger partial charge on any atom is -0.508 e. The van der Waals surface area contributed by atoms with Crippen molar-refractivity contribution >= 4 is 27.5 Å². The van der Waals surface area contributed by atoms with Gasteiger partial charge in [0.2, 0.25) is 0 Å². The van der Waals surface area contributed by atoms with E-state index in [0.29, 0.717) is 28.9 Å². The van der Waals surface area contributed by atoms with E-state index in [2.05, 4.69) is 25.3 Å². The van der Waals surface area contributed by atoms with Crippen LogP contribution in [0.2, 0.25) is 0 Å². The topological polar surface area (TPSA) is 101 Å². The molecule has 2 saturated heterocycles. The van der Waals surface area contributed by atoms with Gasteiger partial charge in [0.15, 0.2) is 5.82 Å². The predicted octanol–water partition coefficient (Wildman–Crippen LogP) is 3.94. The van der Waals surface area contributed by atoms with Crippen molar-refractivity contribution in [3.05, 3.63) is 66.4 Å².